The van der Waals surface area contributed by atoms with Crippen LogP contribution in [0.5, 0.6) is 0 Å². The Hall–Kier alpha value is -2.50. The standard InChI is InChI=1S/C26H32F6N2O4/c1-17(25(27,28)29)38-22(37)33-13-10-23(11-14-33)7-4-12-34(23)16-18-5-6-19(26(30,31)32)15-20(18)24(21(35)36)8-2-3-9-24/h5-6,15,17H,2-4,7-14,16H2,1H3,(H,35,36). The summed E-state index contributed by atoms with van der Waals surface area (Å²) in [6.45, 7) is 2.07. The summed E-state index contributed by atoms with van der Waals surface area (Å²) in [6, 6.07) is 3.38. The van der Waals surface area contributed by atoms with Gasteiger partial charge in [0.1, 0.15) is 0 Å². The number of hydrogen-bond donors (Lipinski definition) is 1. The number of carboxylic acids is 1. The molecule has 1 aromatic carbocycles. The number of hydrogen-bond acceptors (Lipinski definition) is 4. The predicted octanol–water partition coefficient (Wildman–Crippen LogP) is 6.12. The fourth-order valence-corrected chi connectivity index (χ4v) is 6.32. The van der Waals surface area contributed by atoms with Crippen molar-refractivity contribution in [2.24, 2.45) is 0 Å². The number of likely N-dealkylation sites (tertiary alicyclic amines) is 2. The van der Waals surface area contributed by atoms with Crippen LogP contribution in [-0.4, -0.2) is 64.4 Å². The van der Waals surface area contributed by atoms with E-state index < -0.39 is 41.5 Å². The van der Waals surface area contributed by atoms with Crippen LogP contribution in [0.1, 0.15) is 75.0 Å². The average Bonchev–Trinajstić information content (AvgIpc) is 3.47. The van der Waals surface area contributed by atoms with Gasteiger partial charge >= 0.3 is 24.4 Å². The van der Waals surface area contributed by atoms with Gasteiger partial charge in [-0.15, -0.1) is 0 Å². The Morgan fingerprint density at radius 2 is 1.61 bits per heavy atom. The average molecular weight is 551 g/mol. The summed E-state index contributed by atoms with van der Waals surface area (Å²) in [4.78, 5) is 28.1. The molecule has 0 radical (unpaired) electrons. The number of rotatable bonds is 5. The third-order valence-corrected chi connectivity index (χ3v) is 8.61. The topological polar surface area (TPSA) is 70.1 Å². The maximum Gasteiger partial charge on any atom is 0.425 e. The zero-order chi connectivity index (χ0) is 27.9. The van der Waals surface area contributed by atoms with Crippen LogP contribution in [0, 0.1) is 0 Å². The monoisotopic (exact) mass is 550 g/mol. The van der Waals surface area contributed by atoms with Crippen molar-refractivity contribution in [3.8, 4) is 0 Å². The van der Waals surface area contributed by atoms with Crippen LogP contribution in [0.3, 0.4) is 0 Å². The molecule has 1 unspecified atom stereocenters. The van der Waals surface area contributed by atoms with Gasteiger partial charge in [-0.05, 0) is 75.3 Å². The molecule has 3 fully saturated rings. The number of carbonyl (C=O) groups is 2. The number of carbonyl (C=O) groups excluding carboxylic acids is 1. The lowest BCUT2D eigenvalue weighted by Crippen LogP contribution is -2.53. The molecule has 6 nitrogen and oxygen atoms in total. The second-order valence-corrected chi connectivity index (χ2v) is 10.8. The van der Waals surface area contributed by atoms with Gasteiger partial charge in [0.25, 0.3) is 0 Å². The Bertz CT molecular complexity index is 1040. The molecule has 2 aliphatic heterocycles. The van der Waals surface area contributed by atoms with Crippen molar-refractivity contribution >= 4 is 12.1 Å². The second-order valence-electron chi connectivity index (χ2n) is 10.8. The van der Waals surface area contributed by atoms with Crippen LogP contribution < -0.4 is 0 Å². The minimum absolute atomic E-state index is 0.193. The van der Waals surface area contributed by atoms with Crippen LogP contribution in [0.4, 0.5) is 31.1 Å². The Labute approximate surface area is 216 Å². The van der Waals surface area contributed by atoms with Crippen molar-refractivity contribution in [2.45, 2.75) is 94.2 Å². The summed E-state index contributed by atoms with van der Waals surface area (Å²) in [6.07, 6.45) is -8.18. The molecule has 1 aliphatic carbocycles. The molecule has 38 heavy (non-hydrogen) atoms. The van der Waals surface area contributed by atoms with Crippen molar-refractivity contribution in [3.63, 3.8) is 0 Å². The largest absolute Gasteiger partial charge is 0.481 e. The van der Waals surface area contributed by atoms with E-state index in [1.54, 1.807) is 0 Å². The molecule has 1 spiro atoms. The highest BCUT2D eigenvalue weighted by Crippen LogP contribution is 2.46. The van der Waals surface area contributed by atoms with Crippen molar-refractivity contribution in [1.82, 2.24) is 9.80 Å². The molecule has 212 valence electrons. The lowest BCUT2D eigenvalue weighted by molar-refractivity contribution is -0.200. The molecule has 3 aliphatic rings. The van der Waals surface area contributed by atoms with E-state index in [4.69, 9.17) is 0 Å². The third-order valence-electron chi connectivity index (χ3n) is 8.61. The molecular formula is C26H32F6N2O4. The molecule has 4 rings (SSSR count). The number of alkyl halides is 6. The zero-order valence-corrected chi connectivity index (χ0v) is 21.1. The number of nitrogens with zero attached hydrogens (tertiary/aromatic N) is 2. The van der Waals surface area contributed by atoms with Crippen molar-refractivity contribution in [1.29, 1.82) is 0 Å². The van der Waals surface area contributed by atoms with Gasteiger partial charge in [-0.2, -0.15) is 26.3 Å². The predicted molar refractivity (Wildman–Crippen MR) is 124 cm³/mol. The second kappa shape index (κ2) is 10.2. The van der Waals surface area contributed by atoms with E-state index in [9.17, 15) is 41.0 Å². The van der Waals surface area contributed by atoms with Crippen molar-refractivity contribution in [3.05, 3.63) is 34.9 Å². The molecule has 12 heteroatoms. The van der Waals surface area contributed by atoms with Gasteiger partial charge in [0, 0.05) is 25.2 Å². The molecule has 0 aromatic heterocycles. The van der Waals surface area contributed by atoms with Crippen LogP contribution in [-0.2, 0) is 27.7 Å². The first kappa shape index (κ1) is 28.5. The number of amides is 1. The number of aliphatic carboxylic acids is 1. The van der Waals surface area contributed by atoms with E-state index in [2.05, 4.69) is 9.64 Å². The summed E-state index contributed by atoms with van der Waals surface area (Å²) < 4.78 is 83.7. The lowest BCUT2D eigenvalue weighted by atomic mass is 9.75. The minimum Gasteiger partial charge on any atom is -0.481 e. The number of ether oxygens (including phenoxy) is 1. The summed E-state index contributed by atoms with van der Waals surface area (Å²) >= 11 is 0. The Morgan fingerprint density at radius 1 is 0.974 bits per heavy atom. The Kier molecular flexibility index (Phi) is 7.68. The van der Waals surface area contributed by atoms with Crippen molar-refractivity contribution < 1.29 is 45.8 Å². The van der Waals surface area contributed by atoms with Gasteiger partial charge in [0.2, 0.25) is 0 Å². The SMILES string of the molecule is CC(OC(=O)N1CCC2(CCCN2Cc2ccc(C(F)(F)F)cc2C2(C(=O)O)CCCC2)CC1)C(F)(F)F. The van der Waals surface area contributed by atoms with Crippen LogP contribution in [0.25, 0.3) is 0 Å². The molecule has 1 amide bonds. The molecule has 1 N–H and O–H groups in total. The van der Waals surface area contributed by atoms with Crippen LogP contribution in [0.15, 0.2) is 18.2 Å². The first-order valence-corrected chi connectivity index (χ1v) is 12.9. The molecule has 2 heterocycles. The Morgan fingerprint density at radius 3 is 2.16 bits per heavy atom. The maximum absolute atomic E-state index is 13.6. The van der Waals surface area contributed by atoms with Crippen LogP contribution in [0.2, 0.25) is 0 Å². The fourth-order valence-electron chi connectivity index (χ4n) is 6.32. The molecule has 2 saturated heterocycles. The highest BCUT2D eigenvalue weighted by Gasteiger charge is 2.48. The number of piperidine rings is 1. The summed E-state index contributed by atoms with van der Waals surface area (Å²) in [7, 11) is 0. The Balaban J connectivity index is 1.55. The molecule has 1 atom stereocenters. The number of carboxylic acid groups (broad SMARTS) is 1. The molecule has 1 aromatic rings. The van der Waals surface area contributed by atoms with Crippen LogP contribution >= 0.6 is 0 Å². The highest BCUT2D eigenvalue weighted by molar-refractivity contribution is 5.82. The quantitative estimate of drug-likeness (QED) is 0.448. The van der Waals surface area contributed by atoms with E-state index in [-0.39, 0.29) is 43.6 Å². The summed E-state index contributed by atoms with van der Waals surface area (Å²) in [5.74, 6) is -1.12. The third kappa shape index (κ3) is 5.46. The lowest BCUT2D eigenvalue weighted by Gasteiger charge is -2.45. The van der Waals surface area contributed by atoms with E-state index >= 15 is 0 Å². The smallest absolute Gasteiger partial charge is 0.425 e. The van der Waals surface area contributed by atoms with Gasteiger partial charge in [-0.3, -0.25) is 9.69 Å². The normalized spacial score (nSPS) is 22.6. The van der Waals surface area contributed by atoms with Crippen molar-refractivity contribution in [2.75, 3.05) is 19.6 Å². The minimum atomic E-state index is -4.65. The first-order chi connectivity index (χ1) is 17.7. The number of halogens is 6. The van der Waals surface area contributed by atoms with E-state index in [1.807, 2.05) is 0 Å². The zero-order valence-electron chi connectivity index (χ0n) is 21.1. The number of benzene rings is 1. The van der Waals surface area contributed by atoms with Gasteiger partial charge < -0.3 is 14.7 Å². The first-order valence-electron chi connectivity index (χ1n) is 12.9. The highest BCUT2D eigenvalue weighted by atomic mass is 19.4. The molecule has 0 bridgehead atoms. The van der Waals surface area contributed by atoms with E-state index in [0.29, 0.717) is 37.8 Å². The summed E-state index contributed by atoms with van der Waals surface area (Å²) in [5, 5.41) is 10.1. The molecular weight excluding hydrogens is 518 g/mol. The fraction of sp³-hybridized carbons (Fsp3) is 0.692. The molecule has 1 saturated carbocycles. The van der Waals surface area contributed by atoms with Gasteiger partial charge in [-0.1, -0.05) is 18.9 Å². The van der Waals surface area contributed by atoms with Gasteiger partial charge in [0.15, 0.2) is 6.10 Å². The van der Waals surface area contributed by atoms with Gasteiger partial charge in [0.05, 0.1) is 11.0 Å². The van der Waals surface area contributed by atoms with E-state index in [1.165, 1.54) is 11.0 Å². The maximum atomic E-state index is 13.6. The van der Waals surface area contributed by atoms with E-state index in [0.717, 1.165) is 31.9 Å². The summed E-state index contributed by atoms with van der Waals surface area (Å²) in [5.41, 5.74) is -1.87. The van der Waals surface area contributed by atoms with Gasteiger partial charge in [-0.25, -0.2) is 4.79 Å².